The summed E-state index contributed by atoms with van der Waals surface area (Å²) >= 11 is 0. The van der Waals surface area contributed by atoms with E-state index in [2.05, 4.69) is 48.9 Å². The van der Waals surface area contributed by atoms with E-state index in [1.165, 1.54) is 10.7 Å². The molecule has 4 N–H and O–H groups in total. The van der Waals surface area contributed by atoms with Gasteiger partial charge in [-0.1, -0.05) is 0 Å². The van der Waals surface area contributed by atoms with Gasteiger partial charge in [0, 0.05) is 44.0 Å². The summed E-state index contributed by atoms with van der Waals surface area (Å²) in [4.78, 5) is 20.1. The molecule has 1 amide bonds. The van der Waals surface area contributed by atoms with Crippen molar-refractivity contribution in [2.24, 2.45) is 0 Å². The van der Waals surface area contributed by atoms with E-state index in [0.29, 0.717) is 28.9 Å². The highest BCUT2D eigenvalue weighted by Gasteiger charge is 2.24. The molecule has 170 valence electrons. The second-order valence-corrected chi connectivity index (χ2v) is 8.43. The van der Waals surface area contributed by atoms with E-state index in [1.807, 2.05) is 12.1 Å². The Kier molecular flexibility index (Phi) is 5.35. The highest BCUT2D eigenvalue weighted by molar-refractivity contribution is 5.87. The zero-order valence-corrected chi connectivity index (χ0v) is 18.2. The van der Waals surface area contributed by atoms with Crippen molar-refractivity contribution in [3.63, 3.8) is 0 Å². The van der Waals surface area contributed by atoms with Gasteiger partial charge in [0.05, 0.1) is 23.3 Å². The summed E-state index contributed by atoms with van der Waals surface area (Å²) in [6.45, 7) is 3.60. The largest absolute Gasteiger partial charge is 0.465 e. The van der Waals surface area contributed by atoms with Crippen molar-refractivity contribution in [2.45, 2.75) is 18.9 Å². The van der Waals surface area contributed by atoms with Gasteiger partial charge in [0.2, 0.25) is 0 Å². The number of nitriles is 1. The first-order chi connectivity index (χ1) is 16.0. The van der Waals surface area contributed by atoms with Gasteiger partial charge in [0.25, 0.3) is 0 Å². The minimum atomic E-state index is -1.12. The second kappa shape index (κ2) is 8.48. The minimum Gasteiger partial charge on any atom is -0.465 e. The fourth-order valence-electron chi connectivity index (χ4n) is 3.96. The van der Waals surface area contributed by atoms with Gasteiger partial charge in [0.15, 0.2) is 17.2 Å². The molecule has 0 atom stereocenters. The van der Waals surface area contributed by atoms with Crippen molar-refractivity contribution >= 4 is 40.3 Å². The highest BCUT2D eigenvalue weighted by atomic mass is 16.4. The third-order valence-electron chi connectivity index (χ3n) is 5.87. The average Bonchev–Trinajstić information content (AvgIpc) is 3.50. The van der Waals surface area contributed by atoms with E-state index in [-0.39, 0.29) is 0 Å². The van der Waals surface area contributed by atoms with Gasteiger partial charge in [-0.3, -0.25) is 5.32 Å². The number of aromatic nitrogens is 3. The summed E-state index contributed by atoms with van der Waals surface area (Å²) in [6, 6.07) is 9.85. The Bertz CT molecular complexity index is 1240. The summed E-state index contributed by atoms with van der Waals surface area (Å²) in [5.41, 5.74) is 3.90. The third kappa shape index (κ3) is 4.47. The maximum Gasteiger partial charge on any atom is 0.409 e. The molecular weight excluding hydrogens is 422 g/mol. The maximum atomic E-state index is 11.2. The van der Waals surface area contributed by atoms with Crippen molar-refractivity contribution in [1.82, 2.24) is 19.5 Å². The lowest BCUT2D eigenvalue weighted by molar-refractivity contribution is 0.210. The summed E-state index contributed by atoms with van der Waals surface area (Å²) in [7, 11) is 2.10. The lowest BCUT2D eigenvalue weighted by Crippen LogP contribution is -2.44. The van der Waals surface area contributed by atoms with Gasteiger partial charge < -0.3 is 25.5 Å². The summed E-state index contributed by atoms with van der Waals surface area (Å²) in [6.07, 6.45) is 2.58. The Hall–Kier alpha value is -4.04. The van der Waals surface area contributed by atoms with E-state index in [0.717, 1.165) is 56.1 Å². The topological polar surface area (TPSA) is 134 Å². The van der Waals surface area contributed by atoms with Crippen molar-refractivity contribution in [2.75, 3.05) is 54.1 Å². The van der Waals surface area contributed by atoms with Crippen LogP contribution in [0.1, 0.15) is 18.5 Å². The molecule has 1 saturated carbocycles. The lowest BCUT2D eigenvalue weighted by atomic mass is 10.2. The Labute approximate surface area is 190 Å². The van der Waals surface area contributed by atoms with E-state index in [9.17, 15) is 10.1 Å². The Morgan fingerprint density at radius 1 is 1.18 bits per heavy atom. The van der Waals surface area contributed by atoms with Crippen LogP contribution in [0.25, 0.3) is 5.65 Å². The molecule has 2 aromatic heterocycles. The van der Waals surface area contributed by atoms with Crippen LogP contribution in [0.3, 0.4) is 0 Å². The number of fused-ring (bicyclic) bond motifs is 1. The molecule has 0 unspecified atom stereocenters. The normalized spacial score (nSPS) is 16.4. The number of carbonyl (C=O) groups is 1. The molecule has 3 heterocycles. The smallest absolute Gasteiger partial charge is 0.409 e. The SMILES string of the molecule is CN1CCN(c2ccc(NC(=O)O)cc2Nc2cc(NC3CC3)c3ncc(C#N)n3n2)CC1. The first kappa shape index (κ1) is 20.8. The van der Waals surface area contributed by atoms with Gasteiger partial charge >= 0.3 is 6.09 Å². The van der Waals surface area contributed by atoms with Crippen LogP contribution >= 0.6 is 0 Å². The molecule has 2 fully saturated rings. The molecule has 1 aromatic carbocycles. The Morgan fingerprint density at radius 2 is 1.97 bits per heavy atom. The summed E-state index contributed by atoms with van der Waals surface area (Å²) in [5.74, 6) is 0.531. The number of imidazole rings is 1. The van der Waals surface area contributed by atoms with Crippen LogP contribution in [0.15, 0.2) is 30.5 Å². The number of carboxylic acid groups (broad SMARTS) is 1. The predicted octanol–water partition coefficient (Wildman–Crippen LogP) is 2.76. The van der Waals surface area contributed by atoms with Crippen LogP contribution in [-0.2, 0) is 0 Å². The third-order valence-corrected chi connectivity index (χ3v) is 5.87. The first-order valence-electron chi connectivity index (χ1n) is 10.9. The molecular formula is C22H25N9O2. The monoisotopic (exact) mass is 447 g/mol. The molecule has 1 saturated heterocycles. The molecule has 0 spiro atoms. The van der Waals surface area contributed by atoms with Crippen LogP contribution in [0.2, 0.25) is 0 Å². The zero-order valence-electron chi connectivity index (χ0n) is 18.2. The van der Waals surface area contributed by atoms with Crippen molar-refractivity contribution in [1.29, 1.82) is 5.26 Å². The number of nitrogens with zero attached hydrogens (tertiary/aromatic N) is 6. The quantitative estimate of drug-likeness (QED) is 0.450. The molecule has 11 heteroatoms. The number of hydrogen-bond donors (Lipinski definition) is 4. The van der Waals surface area contributed by atoms with E-state index in [4.69, 9.17) is 5.11 Å². The fraction of sp³-hybridized carbons (Fsp3) is 0.364. The van der Waals surface area contributed by atoms with Crippen molar-refractivity contribution < 1.29 is 9.90 Å². The number of benzene rings is 1. The minimum absolute atomic E-state index is 0.341. The predicted molar refractivity (Wildman–Crippen MR) is 125 cm³/mol. The van der Waals surface area contributed by atoms with Crippen molar-refractivity contribution in [3.05, 3.63) is 36.2 Å². The Balaban J connectivity index is 1.54. The molecule has 1 aliphatic carbocycles. The molecule has 11 nitrogen and oxygen atoms in total. The zero-order chi connectivity index (χ0) is 22.9. The van der Waals surface area contributed by atoms with Crippen LogP contribution in [0, 0.1) is 11.3 Å². The van der Waals surface area contributed by atoms with Gasteiger partial charge in [-0.25, -0.2) is 9.78 Å². The number of amides is 1. The number of anilines is 5. The molecule has 2 aliphatic rings. The molecule has 5 rings (SSSR count). The fourth-order valence-corrected chi connectivity index (χ4v) is 3.96. The first-order valence-corrected chi connectivity index (χ1v) is 10.9. The summed E-state index contributed by atoms with van der Waals surface area (Å²) < 4.78 is 1.53. The van der Waals surface area contributed by atoms with E-state index < -0.39 is 6.09 Å². The Morgan fingerprint density at radius 3 is 2.67 bits per heavy atom. The molecule has 3 aromatic rings. The van der Waals surface area contributed by atoms with Gasteiger partial charge in [-0.15, -0.1) is 5.10 Å². The summed E-state index contributed by atoms with van der Waals surface area (Å²) in [5, 5.41) is 32.5. The number of likely N-dealkylation sites (N-methyl/N-ethyl adjacent to an activating group) is 1. The number of nitrogens with one attached hydrogen (secondary N) is 3. The number of rotatable bonds is 6. The molecule has 1 aliphatic heterocycles. The van der Waals surface area contributed by atoms with Crippen LogP contribution in [-0.4, -0.2) is 70.0 Å². The van der Waals surface area contributed by atoms with Crippen molar-refractivity contribution in [3.8, 4) is 6.07 Å². The van der Waals surface area contributed by atoms with Gasteiger partial charge in [-0.2, -0.15) is 9.78 Å². The van der Waals surface area contributed by atoms with E-state index >= 15 is 0 Å². The second-order valence-electron chi connectivity index (χ2n) is 8.43. The number of piperazine rings is 1. The van der Waals surface area contributed by atoms with E-state index in [1.54, 1.807) is 12.1 Å². The number of hydrogen-bond acceptors (Lipinski definition) is 8. The van der Waals surface area contributed by atoms with Gasteiger partial charge in [0.1, 0.15) is 6.07 Å². The lowest BCUT2D eigenvalue weighted by Gasteiger charge is -2.35. The highest BCUT2D eigenvalue weighted by Crippen LogP contribution is 2.34. The molecule has 0 bridgehead atoms. The molecule has 33 heavy (non-hydrogen) atoms. The average molecular weight is 448 g/mol. The van der Waals surface area contributed by atoms with Crippen LogP contribution in [0.5, 0.6) is 0 Å². The molecule has 0 radical (unpaired) electrons. The van der Waals surface area contributed by atoms with Crippen LogP contribution < -0.4 is 20.9 Å². The maximum absolute atomic E-state index is 11.2. The standard InChI is InChI=1S/C22H25N9O2/c1-29-6-8-30(9-7-29)19-5-4-15(26-22(32)33)10-17(19)27-20-11-18(25-14-2-3-14)21-24-13-16(12-23)31(21)28-20/h4-5,10-11,13-14,25-26H,2-3,6-9H2,1H3,(H,27,28)(H,32,33). The van der Waals surface area contributed by atoms with Gasteiger partial charge in [-0.05, 0) is 38.1 Å². The van der Waals surface area contributed by atoms with Crippen LogP contribution in [0.4, 0.5) is 33.4 Å².